The molecule has 104 valence electrons. The number of fused-ring (bicyclic) bond motifs is 1. The molecule has 0 amide bonds. The molecule has 2 heterocycles. The lowest BCUT2D eigenvalue weighted by molar-refractivity contribution is 0.115. The summed E-state index contributed by atoms with van der Waals surface area (Å²) < 4.78 is 0. The summed E-state index contributed by atoms with van der Waals surface area (Å²) in [5, 5.41) is 0. The van der Waals surface area contributed by atoms with E-state index >= 15 is 0 Å². The summed E-state index contributed by atoms with van der Waals surface area (Å²) in [5.41, 5.74) is 9.36. The van der Waals surface area contributed by atoms with E-state index in [1.807, 2.05) is 6.07 Å². The third kappa shape index (κ3) is 2.44. The van der Waals surface area contributed by atoms with Crippen molar-refractivity contribution in [2.75, 3.05) is 30.3 Å². The van der Waals surface area contributed by atoms with Crippen LogP contribution in [0.5, 0.6) is 0 Å². The normalized spacial score (nSPS) is 28.2. The Kier molecular flexibility index (Phi) is 3.40. The number of hydrogen-bond acceptors (Lipinski definition) is 3. The molecule has 2 N–H and O–H groups in total. The Morgan fingerprint density at radius 1 is 1.21 bits per heavy atom. The van der Waals surface area contributed by atoms with Gasteiger partial charge in [0.25, 0.3) is 0 Å². The van der Waals surface area contributed by atoms with Crippen molar-refractivity contribution in [3.63, 3.8) is 0 Å². The molecule has 19 heavy (non-hydrogen) atoms. The van der Waals surface area contributed by atoms with Crippen molar-refractivity contribution in [2.45, 2.75) is 45.2 Å². The monoisotopic (exact) mass is 259 g/mol. The zero-order chi connectivity index (χ0) is 13.4. The molecular formula is C16H25N3. The molecule has 3 nitrogen and oxygen atoms in total. The standard InChI is InChI=1S/C16H25N3/c1-12-9-14(6-7-16(12)17)19-11-15-5-3-4-8-18(15)10-13(19)2/h6-7,9,13,15H,3-5,8,10-11,17H2,1-2H3. The first kappa shape index (κ1) is 12.8. The van der Waals surface area contributed by atoms with Crippen molar-refractivity contribution in [2.24, 2.45) is 0 Å². The number of piperidine rings is 1. The second-order valence-corrected chi connectivity index (χ2v) is 6.19. The van der Waals surface area contributed by atoms with Gasteiger partial charge < -0.3 is 10.6 Å². The van der Waals surface area contributed by atoms with Crippen LogP contribution in [0.25, 0.3) is 0 Å². The van der Waals surface area contributed by atoms with Crippen molar-refractivity contribution in [3.05, 3.63) is 23.8 Å². The number of rotatable bonds is 1. The minimum Gasteiger partial charge on any atom is -0.399 e. The van der Waals surface area contributed by atoms with E-state index in [2.05, 4.69) is 35.8 Å². The Morgan fingerprint density at radius 2 is 2.05 bits per heavy atom. The molecule has 0 aromatic heterocycles. The van der Waals surface area contributed by atoms with Gasteiger partial charge in [0, 0.05) is 36.5 Å². The minimum atomic E-state index is 0.595. The highest BCUT2D eigenvalue weighted by atomic mass is 15.3. The molecule has 1 aromatic carbocycles. The maximum atomic E-state index is 5.93. The summed E-state index contributed by atoms with van der Waals surface area (Å²) in [6.07, 6.45) is 4.13. The fourth-order valence-electron chi connectivity index (χ4n) is 3.55. The van der Waals surface area contributed by atoms with Crippen molar-refractivity contribution in [3.8, 4) is 0 Å². The Labute approximate surface area is 116 Å². The minimum absolute atomic E-state index is 0.595. The number of nitrogen functional groups attached to an aromatic ring is 1. The summed E-state index contributed by atoms with van der Waals surface area (Å²) in [6, 6.07) is 7.81. The highest BCUT2D eigenvalue weighted by molar-refractivity contribution is 5.58. The number of anilines is 2. The fraction of sp³-hybridized carbons (Fsp3) is 0.625. The van der Waals surface area contributed by atoms with E-state index in [-0.39, 0.29) is 0 Å². The van der Waals surface area contributed by atoms with E-state index in [0.717, 1.165) is 11.7 Å². The van der Waals surface area contributed by atoms with E-state index < -0.39 is 0 Å². The second-order valence-electron chi connectivity index (χ2n) is 6.19. The molecule has 0 aliphatic carbocycles. The molecule has 2 unspecified atom stereocenters. The number of nitrogens with two attached hydrogens (primary N) is 1. The molecule has 2 aliphatic rings. The average molecular weight is 259 g/mol. The van der Waals surface area contributed by atoms with Crippen molar-refractivity contribution >= 4 is 11.4 Å². The van der Waals surface area contributed by atoms with Gasteiger partial charge >= 0.3 is 0 Å². The first-order valence-electron chi connectivity index (χ1n) is 7.52. The molecule has 1 aromatic rings. The number of nitrogens with zero attached hydrogens (tertiary/aromatic N) is 2. The van der Waals surface area contributed by atoms with Crippen LogP contribution in [0, 0.1) is 6.92 Å². The quantitative estimate of drug-likeness (QED) is 0.787. The van der Waals surface area contributed by atoms with Crippen LogP contribution in [-0.2, 0) is 0 Å². The summed E-state index contributed by atoms with van der Waals surface area (Å²) in [4.78, 5) is 5.26. The summed E-state index contributed by atoms with van der Waals surface area (Å²) in [6.45, 7) is 8.11. The maximum Gasteiger partial charge on any atom is 0.0389 e. The zero-order valence-corrected chi connectivity index (χ0v) is 12.1. The van der Waals surface area contributed by atoms with Gasteiger partial charge in [-0.25, -0.2) is 0 Å². The zero-order valence-electron chi connectivity index (χ0n) is 12.1. The molecule has 2 fully saturated rings. The van der Waals surface area contributed by atoms with Crippen LogP contribution >= 0.6 is 0 Å². The molecule has 0 bridgehead atoms. The predicted molar refractivity (Wildman–Crippen MR) is 81.6 cm³/mol. The van der Waals surface area contributed by atoms with Crippen LogP contribution in [0.3, 0.4) is 0 Å². The van der Waals surface area contributed by atoms with Gasteiger partial charge in [0.2, 0.25) is 0 Å². The molecular weight excluding hydrogens is 234 g/mol. The molecule has 2 aliphatic heterocycles. The molecule has 0 radical (unpaired) electrons. The van der Waals surface area contributed by atoms with E-state index in [1.54, 1.807) is 0 Å². The third-order valence-electron chi connectivity index (χ3n) is 4.77. The molecule has 3 heteroatoms. The predicted octanol–water partition coefficient (Wildman–Crippen LogP) is 2.64. The molecule has 0 saturated carbocycles. The van der Waals surface area contributed by atoms with Gasteiger partial charge in [0.1, 0.15) is 0 Å². The fourth-order valence-corrected chi connectivity index (χ4v) is 3.55. The Morgan fingerprint density at radius 3 is 2.84 bits per heavy atom. The van der Waals surface area contributed by atoms with Crippen LogP contribution in [0.1, 0.15) is 31.7 Å². The number of hydrogen-bond donors (Lipinski definition) is 1. The number of aryl methyl sites for hydroxylation is 1. The highest BCUT2D eigenvalue weighted by Gasteiger charge is 2.32. The van der Waals surface area contributed by atoms with Crippen LogP contribution in [-0.4, -0.2) is 36.6 Å². The van der Waals surface area contributed by atoms with Crippen LogP contribution in [0.15, 0.2) is 18.2 Å². The van der Waals surface area contributed by atoms with Gasteiger partial charge in [-0.1, -0.05) is 6.42 Å². The topological polar surface area (TPSA) is 32.5 Å². The smallest absolute Gasteiger partial charge is 0.0389 e. The Balaban J connectivity index is 1.81. The van der Waals surface area contributed by atoms with Crippen LogP contribution in [0.4, 0.5) is 11.4 Å². The largest absolute Gasteiger partial charge is 0.399 e. The average Bonchev–Trinajstić information content (AvgIpc) is 2.41. The van der Waals surface area contributed by atoms with Crippen molar-refractivity contribution in [1.82, 2.24) is 4.90 Å². The molecule has 0 spiro atoms. The van der Waals surface area contributed by atoms with Crippen LogP contribution in [0.2, 0.25) is 0 Å². The maximum absolute atomic E-state index is 5.93. The van der Waals surface area contributed by atoms with Crippen molar-refractivity contribution in [1.29, 1.82) is 0 Å². The lowest BCUT2D eigenvalue weighted by Gasteiger charge is -2.48. The first-order valence-corrected chi connectivity index (χ1v) is 7.52. The summed E-state index contributed by atoms with van der Waals surface area (Å²) in [5.74, 6) is 0. The van der Waals surface area contributed by atoms with Gasteiger partial charge in [-0.15, -0.1) is 0 Å². The van der Waals surface area contributed by atoms with Crippen molar-refractivity contribution < 1.29 is 0 Å². The molecule has 2 atom stereocenters. The van der Waals surface area contributed by atoms with Gasteiger partial charge in [0.05, 0.1) is 0 Å². The van der Waals surface area contributed by atoms with E-state index in [0.29, 0.717) is 6.04 Å². The lowest BCUT2D eigenvalue weighted by Crippen LogP contribution is -2.58. The van der Waals surface area contributed by atoms with Crippen LogP contribution < -0.4 is 10.6 Å². The number of piperazine rings is 1. The first-order chi connectivity index (χ1) is 9.15. The lowest BCUT2D eigenvalue weighted by atomic mass is 9.96. The summed E-state index contributed by atoms with van der Waals surface area (Å²) >= 11 is 0. The van der Waals surface area contributed by atoms with Gasteiger partial charge in [-0.05, 0) is 57.0 Å². The van der Waals surface area contributed by atoms with E-state index in [1.165, 1.54) is 50.1 Å². The second kappa shape index (κ2) is 5.04. The molecule has 2 saturated heterocycles. The Hall–Kier alpha value is -1.22. The van der Waals surface area contributed by atoms with E-state index in [9.17, 15) is 0 Å². The van der Waals surface area contributed by atoms with Gasteiger partial charge in [-0.3, -0.25) is 4.90 Å². The Bertz CT molecular complexity index is 457. The summed E-state index contributed by atoms with van der Waals surface area (Å²) in [7, 11) is 0. The van der Waals surface area contributed by atoms with E-state index in [4.69, 9.17) is 5.73 Å². The SMILES string of the molecule is Cc1cc(N2CC3CCCCN3CC2C)ccc1N. The van der Waals surface area contributed by atoms with Gasteiger partial charge in [-0.2, -0.15) is 0 Å². The third-order valence-corrected chi connectivity index (χ3v) is 4.77. The number of benzene rings is 1. The highest BCUT2D eigenvalue weighted by Crippen LogP contribution is 2.29. The van der Waals surface area contributed by atoms with Gasteiger partial charge in [0.15, 0.2) is 0 Å². The molecule has 3 rings (SSSR count).